The maximum Gasteiger partial charge on any atom is 0.324 e. The average Bonchev–Trinajstić information content (AvgIpc) is 2.27. The molecule has 1 aliphatic heterocycles. The van der Waals surface area contributed by atoms with Crippen molar-refractivity contribution in [2.75, 3.05) is 24.6 Å². The molecule has 2 N–H and O–H groups in total. The van der Waals surface area contributed by atoms with E-state index in [2.05, 4.69) is 5.32 Å². The number of hydrogen-bond acceptors (Lipinski definition) is 4. The number of carbonyl (C=O) groups excluding carboxylic acids is 2. The highest BCUT2D eigenvalue weighted by molar-refractivity contribution is 7.85. The van der Waals surface area contributed by atoms with E-state index in [0.717, 1.165) is 0 Å². The number of carboxylic acids is 1. The second-order valence-corrected chi connectivity index (χ2v) is 5.28. The number of aliphatic carboxylic acids is 1. The van der Waals surface area contributed by atoms with Gasteiger partial charge >= 0.3 is 12.0 Å². The Morgan fingerprint density at radius 2 is 1.76 bits per heavy atom. The van der Waals surface area contributed by atoms with Crippen LogP contribution in [-0.4, -0.2) is 56.7 Å². The van der Waals surface area contributed by atoms with Crippen LogP contribution in [0, 0.1) is 0 Å². The second kappa shape index (κ2) is 6.33. The van der Waals surface area contributed by atoms with E-state index in [9.17, 15) is 18.6 Å². The molecule has 1 aliphatic rings. The molecule has 7 nitrogen and oxygen atoms in total. The smallest absolute Gasteiger partial charge is 0.324 e. The van der Waals surface area contributed by atoms with Crippen LogP contribution in [0.5, 0.6) is 0 Å². The number of imide groups is 1. The zero-order valence-corrected chi connectivity index (χ0v) is 9.99. The molecule has 3 amide bonds. The fraction of sp³-hybridized carbons (Fsp3) is 0.667. The van der Waals surface area contributed by atoms with Crippen molar-refractivity contribution >= 4 is 28.7 Å². The minimum absolute atomic E-state index is 0.221. The number of carboxylic acid groups (broad SMARTS) is 1. The lowest BCUT2D eigenvalue weighted by Gasteiger charge is -2.25. The Bertz CT molecular complexity index is 347. The predicted molar refractivity (Wildman–Crippen MR) is 59.9 cm³/mol. The van der Waals surface area contributed by atoms with E-state index in [1.807, 2.05) is 0 Å². The van der Waals surface area contributed by atoms with E-state index in [1.165, 1.54) is 4.90 Å². The molecule has 0 aromatic rings. The molecule has 1 fully saturated rings. The fourth-order valence-corrected chi connectivity index (χ4v) is 2.37. The maximum absolute atomic E-state index is 11.5. The standard InChI is InChI=1S/C9H14N2O5S/c12-7(1-2-8(13)14)10-9(15)11-3-5-17(16)6-4-11/h1-6H2,(H,13,14)(H,10,12,15). The zero-order chi connectivity index (χ0) is 12.8. The topological polar surface area (TPSA) is 104 Å². The number of nitrogens with one attached hydrogen (secondary N) is 1. The predicted octanol–water partition coefficient (Wildman–Crippen LogP) is -0.848. The summed E-state index contributed by atoms with van der Waals surface area (Å²) >= 11 is 0. The van der Waals surface area contributed by atoms with Gasteiger partial charge < -0.3 is 10.0 Å². The Morgan fingerprint density at radius 1 is 1.18 bits per heavy atom. The van der Waals surface area contributed by atoms with E-state index in [0.29, 0.717) is 24.6 Å². The third-order valence-electron chi connectivity index (χ3n) is 2.28. The summed E-state index contributed by atoms with van der Waals surface area (Å²) in [6.07, 6.45) is -0.524. The largest absolute Gasteiger partial charge is 0.481 e. The molecule has 0 bridgehead atoms. The number of nitrogens with zero attached hydrogens (tertiary/aromatic N) is 1. The molecular formula is C9H14N2O5S. The summed E-state index contributed by atoms with van der Waals surface area (Å²) in [7, 11) is -0.884. The average molecular weight is 262 g/mol. The first-order valence-electron chi connectivity index (χ1n) is 5.14. The van der Waals surface area contributed by atoms with Crippen molar-refractivity contribution in [3.05, 3.63) is 0 Å². The lowest BCUT2D eigenvalue weighted by atomic mass is 10.3. The van der Waals surface area contributed by atoms with Crippen LogP contribution in [-0.2, 0) is 20.4 Å². The van der Waals surface area contributed by atoms with Gasteiger partial charge in [0.05, 0.1) is 6.42 Å². The minimum atomic E-state index is -1.08. The lowest BCUT2D eigenvalue weighted by Crippen LogP contribution is -2.48. The number of rotatable bonds is 3. The van der Waals surface area contributed by atoms with E-state index in [1.54, 1.807) is 0 Å². The first kappa shape index (κ1) is 13.6. The summed E-state index contributed by atoms with van der Waals surface area (Å²) in [6, 6.07) is -0.544. The van der Waals surface area contributed by atoms with Crippen LogP contribution in [0.3, 0.4) is 0 Å². The first-order valence-corrected chi connectivity index (χ1v) is 6.63. The molecule has 0 atom stereocenters. The fourth-order valence-electron chi connectivity index (χ4n) is 1.32. The molecule has 1 rings (SSSR count). The van der Waals surface area contributed by atoms with Crippen LogP contribution in [0.15, 0.2) is 0 Å². The van der Waals surface area contributed by atoms with Gasteiger partial charge in [-0.25, -0.2) is 4.79 Å². The van der Waals surface area contributed by atoms with Gasteiger partial charge in [0.15, 0.2) is 0 Å². The summed E-state index contributed by atoms with van der Waals surface area (Å²) in [5.74, 6) is -0.863. The van der Waals surface area contributed by atoms with E-state index >= 15 is 0 Å². The van der Waals surface area contributed by atoms with Gasteiger partial charge in [0.25, 0.3) is 0 Å². The molecule has 0 aromatic carbocycles. The van der Waals surface area contributed by atoms with Crippen molar-refractivity contribution in [3.8, 4) is 0 Å². The van der Waals surface area contributed by atoms with Crippen molar-refractivity contribution in [3.63, 3.8) is 0 Å². The quantitative estimate of drug-likeness (QED) is 0.689. The van der Waals surface area contributed by atoms with Crippen LogP contribution in [0.25, 0.3) is 0 Å². The summed E-state index contributed by atoms with van der Waals surface area (Å²) in [4.78, 5) is 34.3. The SMILES string of the molecule is O=C(O)CCC(=O)NC(=O)N1CCS(=O)CC1. The van der Waals surface area contributed by atoms with Crippen LogP contribution in [0.1, 0.15) is 12.8 Å². The summed E-state index contributed by atoms with van der Waals surface area (Å²) in [6.45, 7) is 0.704. The van der Waals surface area contributed by atoms with Gasteiger partial charge in [-0.3, -0.25) is 19.1 Å². The molecular weight excluding hydrogens is 248 g/mol. The van der Waals surface area contributed by atoms with Gasteiger partial charge in [0.2, 0.25) is 5.91 Å². The Hall–Kier alpha value is -1.44. The zero-order valence-electron chi connectivity index (χ0n) is 9.18. The molecule has 0 radical (unpaired) electrons. The molecule has 1 saturated heterocycles. The molecule has 0 unspecified atom stereocenters. The van der Waals surface area contributed by atoms with Crippen molar-refractivity contribution in [2.45, 2.75) is 12.8 Å². The lowest BCUT2D eigenvalue weighted by molar-refractivity contribution is -0.138. The van der Waals surface area contributed by atoms with Gasteiger partial charge in [-0.05, 0) is 0 Å². The van der Waals surface area contributed by atoms with E-state index in [4.69, 9.17) is 5.11 Å². The third kappa shape index (κ3) is 4.94. The Kier molecular flexibility index (Phi) is 5.08. The van der Waals surface area contributed by atoms with Gasteiger partial charge in [0, 0.05) is 41.8 Å². The number of hydrogen-bond donors (Lipinski definition) is 2. The normalized spacial score (nSPS) is 16.6. The molecule has 0 aliphatic carbocycles. The molecule has 8 heteroatoms. The third-order valence-corrected chi connectivity index (χ3v) is 3.55. The van der Waals surface area contributed by atoms with Crippen LogP contribution in [0.2, 0.25) is 0 Å². The van der Waals surface area contributed by atoms with Crippen LogP contribution >= 0.6 is 0 Å². The van der Waals surface area contributed by atoms with Crippen molar-refractivity contribution < 1.29 is 23.7 Å². The van der Waals surface area contributed by atoms with Crippen LogP contribution in [0.4, 0.5) is 4.79 Å². The van der Waals surface area contributed by atoms with E-state index < -0.39 is 28.7 Å². The van der Waals surface area contributed by atoms with Gasteiger partial charge in [-0.15, -0.1) is 0 Å². The van der Waals surface area contributed by atoms with Gasteiger partial charge in [-0.1, -0.05) is 0 Å². The molecule has 1 heterocycles. The second-order valence-electron chi connectivity index (χ2n) is 3.58. The highest BCUT2D eigenvalue weighted by Crippen LogP contribution is 2.00. The number of urea groups is 1. The molecule has 96 valence electrons. The molecule has 0 saturated carbocycles. The van der Waals surface area contributed by atoms with Crippen molar-refractivity contribution in [1.29, 1.82) is 0 Å². The number of amides is 3. The highest BCUT2D eigenvalue weighted by atomic mass is 32.2. The van der Waals surface area contributed by atoms with Gasteiger partial charge in [-0.2, -0.15) is 0 Å². The summed E-state index contributed by atoms with van der Waals surface area (Å²) in [5, 5.41) is 10.5. The Balaban J connectivity index is 2.31. The summed E-state index contributed by atoms with van der Waals surface area (Å²) < 4.78 is 11.1. The van der Waals surface area contributed by atoms with E-state index in [-0.39, 0.29) is 12.8 Å². The Labute approximate surface area is 101 Å². The Morgan fingerprint density at radius 3 is 2.29 bits per heavy atom. The minimum Gasteiger partial charge on any atom is -0.481 e. The molecule has 0 spiro atoms. The van der Waals surface area contributed by atoms with Crippen molar-refractivity contribution in [2.24, 2.45) is 0 Å². The van der Waals surface area contributed by atoms with Crippen molar-refractivity contribution in [1.82, 2.24) is 10.2 Å². The van der Waals surface area contributed by atoms with Gasteiger partial charge in [0.1, 0.15) is 0 Å². The van der Waals surface area contributed by atoms with Crippen LogP contribution < -0.4 is 5.32 Å². The molecule has 17 heavy (non-hydrogen) atoms. The monoisotopic (exact) mass is 262 g/mol. The first-order chi connectivity index (χ1) is 7.99. The highest BCUT2D eigenvalue weighted by Gasteiger charge is 2.21. The molecule has 0 aromatic heterocycles. The number of carbonyl (C=O) groups is 3. The maximum atomic E-state index is 11.5. The summed E-state index contributed by atoms with van der Waals surface area (Å²) in [5.41, 5.74) is 0.